The molecule has 4 rings (SSSR count). The predicted octanol–water partition coefficient (Wildman–Crippen LogP) is 1.49. The number of nitrogens with zero attached hydrogens (tertiary/aromatic N) is 4. The summed E-state index contributed by atoms with van der Waals surface area (Å²) in [7, 11) is 1.61. The normalized spacial score (nSPS) is 11.5. The maximum atomic E-state index is 12.2. The minimum atomic E-state index is -0.460. The van der Waals surface area contributed by atoms with Crippen molar-refractivity contribution in [2.24, 2.45) is 7.05 Å². The van der Waals surface area contributed by atoms with Crippen LogP contribution in [0.3, 0.4) is 0 Å². The van der Waals surface area contributed by atoms with Crippen molar-refractivity contribution in [2.45, 2.75) is 19.9 Å². The van der Waals surface area contributed by atoms with E-state index in [4.69, 9.17) is 0 Å². The standard InChI is InChI=1S/C18H20N6O2/c1-12-11-24-14-15(22(2)18(26)21-16(14)25)20-17(24)23(12)10-6-9-19-13-7-4-3-5-8-13/h3-5,7-8,11,19H,6,9-10H2,1-2H3,(H,21,25,26). The number of anilines is 1. The molecule has 0 atom stereocenters. The molecular formula is C18H20N6O2. The van der Waals surface area contributed by atoms with Crippen LogP contribution < -0.4 is 16.6 Å². The highest BCUT2D eigenvalue weighted by Gasteiger charge is 2.16. The minimum absolute atomic E-state index is 0.393. The summed E-state index contributed by atoms with van der Waals surface area (Å²) in [5.74, 6) is 0.670. The van der Waals surface area contributed by atoms with Crippen molar-refractivity contribution >= 4 is 22.6 Å². The molecule has 0 unspecified atom stereocenters. The Morgan fingerprint density at radius 2 is 1.96 bits per heavy atom. The van der Waals surface area contributed by atoms with E-state index in [1.165, 1.54) is 4.57 Å². The van der Waals surface area contributed by atoms with Gasteiger partial charge in [-0.15, -0.1) is 0 Å². The van der Waals surface area contributed by atoms with Gasteiger partial charge in [-0.1, -0.05) is 18.2 Å². The highest BCUT2D eigenvalue weighted by Crippen LogP contribution is 2.16. The van der Waals surface area contributed by atoms with Gasteiger partial charge in [0.15, 0.2) is 11.2 Å². The molecule has 0 saturated carbocycles. The smallest absolute Gasteiger partial charge is 0.329 e. The summed E-state index contributed by atoms with van der Waals surface area (Å²) in [5.41, 5.74) is 2.02. The van der Waals surface area contributed by atoms with Crippen LogP contribution in [0.5, 0.6) is 0 Å². The zero-order chi connectivity index (χ0) is 18.3. The van der Waals surface area contributed by atoms with E-state index in [2.05, 4.69) is 19.9 Å². The number of aromatic amines is 1. The van der Waals surface area contributed by atoms with Gasteiger partial charge in [-0.05, 0) is 25.5 Å². The first-order chi connectivity index (χ1) is 12.6. The molecular weight excluding hydrogens is 332 g/mol. The van der Waals surface area contributed by atoms with Crippen LogP contribution in [-0.4, -0.2) is 30.0 Å². The van der Waals surface area contributed by atoms with E-state index < -0.39 is 11.2 Å². The zero-order valence-corrected chi connectivity index (χ0v) is 14.7. The van der Waals surface area contributed by atoms with Crippen LogP contribution >= 0.6 is 0 Å². The minimum Gasteiger partial charge on any atom is -0.385 e. The van der Waals surface area contributed by atoms with Gasteiger partial charge in [0.1, 0.15) is 0 Å². The molecule has 0 saturated heterocycles. The monoisotopic (exact) mass is 352 g/mol. The van der Waals surface area contributed by atoms with Crippen LogP contribution in [0.15, 0.2) is 46.1 Å². The maximum absolute atomic E-state index is 12.2. The third-order valence-electron chi connectivity index (χ3n) is 4.58. The number of imidazole rings is 2. The lowest BCUT2D eigenvalue weighted by atomic mass is 10.3. The molecule has 2 N–H and O–H groups in total. The van der Waals surface area contributed by atoms with E-state index in [0.29, 0.717) is 16.9 Å². The first-order valence-corrected chi connectivity index (χ1v) is 8.52. The summed E-state index contributed by atoms with van der Waals surface area (Å²) in [6.45, 7) is 3.58. The third kappa shape index (κ3) is 2.59. The Kier molecular flexibility index (Phi) is 3.87. The molecule has 1 aromatic carbocycles. The molecule has 3 heterocycles. The number of nitrogens with one attached hydrogen (secondary N) is 2. The number of aromatic nitrogens is 5. The van der Waals surface area contributed by atoms with E-state index in [1.54, 1.807) is 11.4 Å². The second-order valence-corrected chi connectivity index (χ2v) is 6.34. The lowest BCUT2D eigenvalue weighted by Gasteiger charge is -2.08. The van der Waals surface area contributed by atoms with E-state index in [-0.39, 0.29) is 0 Å². The molecule has 26 heavy (non-hydrogen) atoms. The summed E-state index contributed by atoms with van der Waals surface area (Å²) in [5, 5.41) is 3.39. The van der Waals surface area contributed by atoms with Crippen molar-refractivity contribution in [2.75, 3.05) is 11.9 Å². The zero-order valence-electron chi connectivity index (χ0n) is 14.7. The second kappa shape index (κ2) is 6.21. The van der Waals surface area contributed by atoms with Crippen molar-refractivity contribution in [3.63, 3.8) is 0 Å². The Hall–Kier alpha value is -3.29. The fourth-order valence-corrected chi connectivity index (χ4v) is 3.22. The lowest BCUT2D eigenvalue weighted by molar-refractivity contribution is 0.660. The van der Waals surface area contributed by atoms with E-state index in [9.17, 15) is 9.59 Å². The Labute approximate surface area is 148 Å². The Morgan fingerprint density at radius 1 is 1.19 bits per heavy atom. The summed E-state index contributed by atoms with van der Waals surface area (Å²) in [6.07, 6.45) is 2.79. The van der Waals surface area contributed by atoms with E-state index in [1.807, 2.05) is 43.5 Å². The predicted molar refractivity (Wildman–Crippen MR) is 101 cm³/mol. The summed E-state index contributed by atoms with van der Waals surface area (Å²) >= 11 is 0. The highest BCUT2D eigenvalue weighted by atomic mass is 16.2. The van der Waals surface area contributed by atoms with Crippen LogP contribution in [-0.2, 0) is 13.6 Å². The average Bonchev–Trinajstić information content (AvgIpc) is 3.13. The molecule has 0 radical (unpaired) electrons. The van der Waals surface area contributed by atoms with Gasteiger partial charge in [-0.3, -0.25) is 18.7 Å². The van der Waals surface area contributed by atoms with Crippen molar-refractivity contribution < 1.29 is 0 Å². The summed E-state index contributed by atoms with van der Waals surface area (Å²) in [6, 6.07) is 10.1. The molecule has 0 aliphatic heterocycles. The van der Waals surface area contributed by atoms with Gasteiger partial charge in [0.05, 0.1) is 0 Å². The van der Waals surface area contributed by atoms with Crippen LogP contribution in [0.4, 0.5) is 5.69 Å². The molecule has 0 fully saturated rings. The largest absolute Gasteiger partial charge is 0.385 e. The van der Waals surface area contributed by atoms with Crippen molar-refractivity contribution in [3.05, 3.63) is 63.1 Å². The Morgan fingerprint density at radius 3 is 2.73 bits per heavy atom. The first-order valence-electron chi connectivity index (χ1n) is 8.52. The molecule has 0 aliphatic carbocycles. The van der Waals surface area contributed by atoms with Crippen LogP contribution in [0.1, 0.15) is 12.1 Å². The van der Waals surface area contributed by atoms with Crippen molar-refractivity contribution in [3.8, 4) is 0 Å². The lowest BCUT2D eigenvalue weighted by Crippen LogP contribution is -2.28. The molecule has 3 aromatic heterocycles. The molecule has 4 aromatic rings. The van der Waals surface area contributed by atoms with Gasteiger partial charge >= 0.3 is 5.69 Å². The molecule has 8 nitrogen and oxygen atoms in total. The van der Waals surface area contributed by atoms with Crippen LogP contribution in [0.25, 0.3) is 16.9 Å². The van der Waals surface area contributed by atoms with Gasteiger partial charge in [0, 0.05) is 37.7 Å². The fraction of sp³-hybridized carbons (Fsp3) is 0.278. The maximum Gasteiger partial charge on any atom is 0.329 e. The van der Waals surface area contributed by atoms with E-state index in [0.717, 1.165) is 30.9 Å². The number of aryl methyl sites for hydroxylation is 3. The molecule has 134 valence electrons. The summed E-state index contributed by atoms with van der Waals surface area (Å²) in [4.78, 5) is 30.9. The highest BCUT2D eigenvalue weighted by molar-refractivity contribution is 5.75. The number of para-hydroxylation sites is 1. The molecule has 8 heteroatoms. The number of hydrogen-bond donors (Lipinski definition) is 2. The number of H-pyrrole nitrogens is 1. The van der Waals surface area contributed by atoms with Gasteiger partial charge < -0.3 is 9.88 Å². The summed E-state index contributed by atoms with van der Waals surface area (Å²) < 4.78 is 5.19. The van der Waals surface area contributed by atoms with Crippen molar-refractivity contribution in [1.82, 2.24) is 23.5 Å². The molecule has 0 bridgehead atoms. The van der Waals surface area contributed by atoms with Gasteiger partial charge in [0.2, 0.25) is 5.78 Å². The average molecular weight is 352 g/mol. The quantitative estimate of drug-likeness (QED) is 0.533. The Balaban J connectivity index is 1.63. The number of fused-ring (bicyclic) bond motifs is 3. The van der Waals surface area contributed by atoms with E-state index >= 15 is 0 Å². The third-order valence-corrected chi connectivity index (χ3v) is 4.58. The number of hydrogen-bond acceptors (Lipinski definition) is 4. The Bertz CT molecular complexity index is 1200. The number of benzene rings is 1. The molecule has 0 spiro atoms. The second-order valence-electron chi connectivity index (χ2n) is 6.34. The van der Waals surface area contributed by atoms with Gasteiger partial charge in [-0.2, -0.15) is 4.98 Å². The molecule has 0 amide bonds. The van der Waals surface area contributed by atoms with Crippen molar-refractivity contribution in [1.29, 1.82) is 0 Å². The SMILES string of the molecule is Cc1cn2c3c(=O)[nH]c(=O)n(C)c3nc2n1CCCNc1ccccc1. The van der Waals surface area contributed by atoms with Gasteiger partial charge in [0.25, 0.3) is 5.56 Å². The van der Waals surface area contributed by atoms with Crippen LogP contribution in [0, 0.1) is 6.92 Å². The molecule has 0 aliphatic rings. The van der Waals surface area contributed by atoms with Crippen LogP contribution in [0.2, 0.25) is 0 Å². The number of rotatable bonds is 5. The topological polar surface area (TPSA) is 89.1 Å². The van der Waals surface area contributed by atoms with Gasteiger partial charge in [-0.25, -0.2) is 4.79 Å². The fourth-order valence-electron chi connectivity index (χ4n) is 3.22. The first kappa shape index (κ1) is 16.2.